The number of pyridine rings is 1. The Morgan fingerprint density at radius 3 is 3.00 bits per heavy atom. The first-order valence-electron chi connectivity index (χ1n) is 6.47. The lowest BCUT2D eigenvalue weighted by Crippen LogP contribution is -2.23. The molecule has 0 spiro atoms. The molecule has 0 saturated heterocycles. The molecule has 20 heavy (non-hydrogen) atoms. The SMILES string of the molecule is O=C(Nc1ccc2c(c1)CNCC2)c1cncc(Br)c1. The number of rotatable bonds is 2. The van der Waals surface area contributed by atoms with Crippen LogP contribution < -0.4 is 10.6 Å². The fraction of sp³-hybridized carbons (Fsp3) is 0.200. The Hall–Kier alpha value is -1.72. The first-order chi connectivity index (χ1) is 9.72. The molecule has 2 heterocycles. The second-order valence-electron chi connectivity index (χ2n) is 4.76. The first-order valence-corrected chi connectivity index (χ1v) is 7.26. The molecule has 0 saturated carbocycles. The third kappa shape index (κ3) is 2.89. The molecular formula is C15H14BrN3O. The Morgan fingerprint density at radius 2 is 2.15 bits per heavy atom. The fourth-order valence-electron chi connectivity index (χ4n) is 2.30. The third-order valence-corrected chi connectivity index (χ3v) is 3.75. The van der Waals surface area contributed by atoms with Crippen LogP contribution in [0.3, 0.4) is 0 Å². The molecule has 1 aromatic carbocycles. The molecule has 2 aromatic rings. The van der Waals surface area contributed by atoms with Crippen LogP contribution in [-0.4, -0.2) is 17.4 Å². The van der Waals surface area contributed by atoms with Gasteiger partial charge in [-0.1, -0.05) is 6.07 Å². The molecule has 5 heteroatoms. The van der Waals surface area contributed by atoms with Crippen molar-refractivity contribution < 1.29 is 4.79 Å². The zero-order valence-corrected chi connectivity index (χ0v) is 12.4. The summed E-state index contributed by atoms with van der Waals surface area (Å²) < 4.78 is 0.791. The van der Waals surface area contributed by atoms with E-state index in [-0.39, 0.29) is 5.91 Å². The number of hydrogen-bond donors (Lipinski definition) is 2. The highest BCUT2D eigenvalue weighted by Crippen LogP contribution is 2.20. The monoisotopic (exact) mass is 331 g/mol. The minimum Gasteiger partial charge on any atom is -0.322 e. The normalized spacial score (nSPS) is 13.7. The molecule has 0 radical (unpaired) electrons. The van der Waals surface area contributed by atoms with Gasteiger partial charge in [-0.05, 0) is 58.2 Å². The standard InChI is InChI=1S/C15H14BrN3O/c16-13-5-12(8-18-9-13)15(20)19-14-2-1-10-3-4-17-7-11(10)6-14/h1-2,5-6,8-9,17H,3-4,7H2,(H,19,20). The number of amides is 1. The van der Waals surface area contributed by atoms with Gasteiger partial charge in [-0.3, -0.25) is 9.78 Å². The number of carbonyl (C=O) groups is 1. The average Bonchev–Trinajstić information content (AvgIpc) is 2.47. The molecule has 3 rings (SSSR count). The molecule has 1 aromatic heterocycles. The summed E-state index contributed by atoms with van der Waals surface area (Å²) in [4.78, 5) is 16.1. The highest BCUT2D eigenvalue weighted by molar-refractivity contribution is 9.10. The summed E-state index contributed by atoms with van der Waals surface area (Å²) in [5, 5.41) is 6.24. The van der Waals surface area contributed by atoms with Crippen molar-refractivity contribution in [3.63, 3.8) is 0 Å². The van der Waals surface area contributed by atoms with Gasteiger partial charge in [0.05, 0.1) is 5.56 Å². The number of aromatic nitrogens is 1. The average molecular weight is 332 g/mol. The number of carbonyl (C=O) groups excluding carboxylic acids is 1. The Morgan fingerprint density at radius 1 is 1.25 bits per heavy atom. The summed E-state index contributed by atoms with van der Waals surface area (Å²) in [6.45, 7) is 1.87. The lowest BCUT2D eigenvalue weighted by Gasteiger charge is -2.18. The van der Waals surface area contributed by atoms with Crippen molar-refractivity contribution in [1.29, 1.82) is 0 Å². The van der Waals surface area contributed by atoms with Crippen LogP contribution in [0.15, 0.2) is 41.1 Å². The van der Waals surface area contributed by atoms with Gasteiger partial charge in [0, 0.05) is 29.1 Å². The molecule has 0 bridgehead atoms. The predicted octanol–water partition coefficient (Wildman–Crippen LogP) is 2.74. The molecule has 2 N–H and O–H groups in total. The summed E-state index contributed by atoms with van der Waals surface area (Å²) in [6.07, 6.45) is 4.25. The van der Waals surface area contributed by atoms with Gasteiger partial charge in [-0.2, -0.15) is 0 Å². The van der Waals surface area contributed by atoms with E-state index in [2.05, 4.69) is 37.6 Å². The van der Waals surface area contributed by atoms with Crippen molar-refractivity contribution in [3.8, 4) is 0 Å². The number of hydrogen-bond acceptors (Lipinski definition) is 3. The van der Waals surface area contributed by atoms with Crippen molar-refractivity contribution in [3.05, 3.63) is 57.8 Å². The fourth-order valence-corrected chi connectivity index (χ4v) is 2.66. The van der Waals surface area contributed by atoms with E-state index >= 15 is 0 Å². The molecule has 1 aliphatic heterocycles. The van der Waals surface area contributed by atoms with Gasteiger partial charge in [-0.15, -0.1) is 0 Å². The highest BCUT2D eigenvalue weighted by atomic mass is 79.9. The molecule has 0 aliphatic carbocycles. The molecule has 0 atom stereocenters. The minimum atomic E-state index is -0.150. The number of halogens is 1. The topological polar surface area (TPSA) is 54.0 Å². The Bertz CT molecular complexity index is 657. The van der Waals surface area contributed by atoms with E-state index in [9.17, 15) is 4.79 Å². The van der Waals surface area contributed by atoms with Gasteiger partial charge in [0.1, 0.15) is 0 Å². The maximum Gasteiger partial charge on any atom is 0.257 e. The Kier molecular flexibility index (Phi) is 3.80. The minimum absolute atomic E-state index is 0.150. The van der Waals surface area contributed by atoms with Gasteiger partial charge >= 0.3 is 0 Å². The van der Waals surface area contributed by atoms with Gasteiger partial charge in [-0.25, -0.2) is 0 Å². The van der Waals surface area contributed by atoms with Crippen molar-refractivity contribution in [2.75, 3.05) is 11.9 Å². The largest absolute Gasteiger partial charge is 0.322 e. The molecule has 102 valence electrons. The first kappa shape index (κ1) is 13.3. The maximum atomic E-state index is 12.1. The van der Waals surface area contributed by atoms with Crippen LogP contribution in [0.2, 0.25) is 0 Å². The van der Waals surface area contributed by atoms with Crippen molar-refractivity contribution >= 4 is 27.5 Å². The van der Waals surface area contributed by atoms with E-state index in [0.717, 1.165) is 29.7 Å². The molecule has 0 fully saturated rings. The number of fused-ring (bicyclic) bond motifs is 1. The third-order valence-electron chi connectivity index (χ3n) is 3.32. The Labute approximate surface area is 125 Å². The lowest BCUT2D eigenvalue weighted by molar-refractivity contribution is 0.102. The van der Waals surface area contributed by atoms with Gasteiger partial charge in [0.15, 0.2) is 0 Å². The number of benzene rings is 1. The van der Waals surface area contributed by atoms with E-state index < -0.39 is 0 Å². The zero-order chi connectivity index (χ0) is 13.9. The quantitative estimate of drug-likeness (QED) is 0.889. The van der Waals surface area contributed by atoms with Crippen LogP contribution in [0, 0.1) is 0 Å². The smallest absolute Gasteiger partial charge is 0.257 e. The van der Waals surface area contributed by atoms with Crippen LogP contribution in [0.1, 0.15) is 21.5 Å². The summed E-state index contributed by atoms with van der Waals surface area (Å²) in [7, 11) is 0. The van der Waals surface area contributed by atoms with Gasteiger partial charge in [0.25, 0.3) is 5.91 Å². The molecule has 1 amide bonds. The summed E-state index contributed by atoms with van der Waals surface area (Å²) in [6, 6.07) is 7.82. The van der Waals surface area contributed by atoms with E-state index in [0.29, 0.717) is 5.56 Å². The number of anilines is 1. The van der Waals surface area contributed by atoms with E-state index in [1.165, 1.54) is 11.1 Å². The summed E-state index contributed by atoms with van der Waals surface area (Å²) in [5.41, 5.74) is 3.96. The lowest BCUT2D eigenvalue weighted by atomic mass is 10.0. The van der Waals surface area contributed by atoms with Crippen LogP contribution in [-0.2, 0) is 13.0 Å². The summed E-state index contributed by atoms with van der Waals surface area (Å²) >= 11 is 3.31. The van der Waals surface area contributed by atoms with Gasteiger partial charge < -0.3 is 10.6 Å². The van der Waals surface area contributed by atoms with Crippen LogP contribution in [0.25, 0.3) is 0 Å². The van der Waals surface area contributed by atoms with Crippen LogP contribution in [0.4, 0.5) is 5.69 Å². The maximum absolute atomic E-state index is 12.1. The molecule has 4 nitrogen and oxygen atoms in total. The van der Waals surface area contributed by atoms with E-state index in [4.69, 9.17) is 0 Å². The van der Waals surface area contributed by atoms with Crippen molar-refractivity contribution in [2.24, 2.45) is 0 Å². The summed E-state index contributed by atoms with van der Waals surface area (Å²) in [5.74, 6) is -0.150. The highest BCUT2D eigenvalue weighted by Gasteiger charge is 2.11. The zero-order valence-electron chi connectivity index (χ0n) is 10.8. The van der Waals surface area contributed by atoms with Crippen molar-refractivity contribution in [1.82, 2.24) is 10.3 Å². The van der Waals surface area contributed by atoms with Gasteiger partial charge in [0.2, 0.25) is 0 Å². The van der Waals surface area contributed by atoms with E-state index in [1.807, 2.05) is 12.1 Å². The van der Waals surface area contributed by atoms with Crippen LogP contribution in [0.5, 0.6) is 0 Å². The van der Waals surface area contributed by atoms with E-state index in [1.54, 1.807) is 18.5 Å². The van der Waals surface area contributed by atoms with Crippen LogP contribution >= 0.6 is 15.9 Å². The number of nitrogens with zero attached hydrogens (tertiary/aromatic N) is 1. The molecule has 0 unspecified atom stereocenters. The number of nitrogens with one attached hydrogen (secondary N) is 2. The second-order valence-corrected chi connectivity index (χ2v) is 5.67. The molecule has 1 aliphatic rings. The molecular weight excluding hydrogens is 318 g/mol. The Balaban J connectivity index is 1.79. The predicted molar refractivity (Wildman–Crippen MR) is 81.7 cm³/mol. The van der Waals surface area contributed by atoms with Crippen molar-refractivity contribution in [2.45, 2.75) is 13.0 Å². The second kappa shape index (κ2) is 5.73.